The van der Waals surface area contributed by atoms with Gasteiger partial charge in [-0.1, -0.05) is 19.9 Å². The van der Waals surface area contributed by atoms with Crippen LogP contribution in [0.5, 0.6) is 0 Å². The summed E-state index contributed by atoms with van der Waals surface area (Å²) in [5, 5.41) is 2.93. The van der Waals surface area contributed by atoms with E-state index in [4.69, 9.17) is 4.42 Å². The number of hydrogen-bond donors (Lipinski definition) is 1. The first kappa shape index (κ1) is 16.2. The van der Waals surface area contributed by atoms with Gasteiger partial charge in [0.2, 0.25) is 11.8 Å². The number of carbonyl (C=O) groups excluding carboxylic acids is 1. The van der Waals surface area contributed by atoms with Gasteiger partial charge >= 0.3 is 0 Å². The van der Waals surface area contributed by atoms with Gasteiger partial charge in [0.1, 0.15) is 5.52 Å². The SMILES string of the molecule is Cc1cc2nc(-c3cccc(NC(=O)CC(C)C)c3)oc2cc1C. The fraction of sp³-hybridized carbons (Fsp3) is 0.300. The molecule has 0 fully saturated rings. The van der Waals surface area contributed by atoms with Gasteiger partial charge in [0.15, 0.2) is 5.58 Å². The van der Waals surface area contributed by atoms with Crippen LogP contribution in [0.1, 0.15) is 31.4 Å². The number of oxazole rings is 1. The number of rotatable bonds is 4. The van der Waals surface area contributed by atoms with Crippen molar-refractivity contribution in [1.82, 2.24) is 4.98 Å². The molecule has 0 unspecified atom stereocenters. The minimum absolute atomic E-state index is 0.0194. The van der Waals surface area contributed by atoms with Gasteiger partial charge < -0.3 is 9.73 Å². The number of carbonyl (C=O) groups is 1. The predicted octanol–water partition coefficient (Wildman–Crippen LogP) is 5.10. The van der Waals surface area contributed by atoms with Crippen LogP contribution in [0, 0.1) is 19.8 Å². The second-order valence-corrected chi connectivity index (χ2v) is 6.65. The summed E-state index contributed by atoms with van der Waals surface area (Å²) in [6.07, 6.45) is 0.506. The molecule has 124 valence electrons. The lowest BCUT2D eigenvalue weighted by molar-refractivity contribution is -0.116. The van der Waals surface area contributed by atoms with E-state index >= 15 is 0 Å². The van der Waals surface area contributed by atoms with Gasteiger partial charge in [-0.3, -0.25) is 4.79 Å². The van der Waals surface area contributed by atoms with Crippen LogP contribution in [0.2, 0.25) is 0 Å². The van der Waals surface area contributed by atoms with Crippen molar-refractivity contribution in [3.8, 4) is 11.5 Å². The zero-order valence-corrected chi connectivity index (χ0v) is 14.5. The molecule has 24 heavy (non-hydrogen) atoms. The molecule has 0 radical (unpaired) electrons. The summed E-state index contributed by atoms with van der Waals surface area (Å²) in [6.45, 7) is 8.17. The summed E-state index contributed by atoms with van der Waals surface area (Å²) in [7, 11) is 0. The average molecular weight is 322 g/mol. The molecule has 0 saturated heterocycles. The molecule has 3 aromatic rings. The van der Waals surface area contributed by atoms with Crippen molar-refractivity contribution in [2.45, 2.75) is 34.1 Å². The molecule has 0 bridgehead atoms. The van der Waals surface area contributed by atoms with Crippen LogP contribution < -0.4 is 5.32 Å². The van der Waals surface area contributed by atoms with Crippen LogP contribution in [0.3, 0.4) is 0 Å². The summed E-state index contributed by atoms with van der Waals surface area (Å²) in [5.41, 5.74) is 5.61. The number of aryl methyl sites for hydroxylation is 2. The Kier molecular flexibility index (Phi) is 4.38. The van der Waals surface area contributed by atoms with Gasteiger partial charge in [0.25, 0.3) is 0 Å². The van der Waals surface area contributed by atoms with Gasteiger partial charge in [-0.05, 0) is 61.2 Å². The van der Waals surface area contributed by atoms with Crippen LogP contribution in [0.4, 0.5) is 5.69 Å². The molecule has 0 aliphatic rings. The quantitative estimate of drug-likeness (QED) is 0.727. The van der Waals surface area contributed by atoms with Crippen molar-refractivity contribution in [3.63, 3.8) is 0 Å². The number of aromatic nitrogens is 1. The molecule has 0 aliphatic carbocycles. The van der Waals surface area contributed by atoms with Gasteiger partial charge in [0, 0.05) is 17.7 Å². The zero-order chi connectivity index (χ0) is 17.3. The lowest BCUT2D eigenvalue weighted by Crippen LogP contribution is -2.13. The number of amides is 1. The normalized spacial score (nSPS) is 11.2. The fourth-order valence-electron chi connectivity index (χ4n) is 2.62. The Hall–Kier alpha value is -2.62. The molecule has 3 rings (SSSR count). The van der Waals surface area contributed by atoms with Crippen LogP contribution in [-0.4, -0.2) is 10.9 Å². The highest BCUT2D eigenvalue weighted by Crippen LogP contribution is 2.28. The maximum absolute atomic E-state index is 11.9. The summed E-state index contributed by atoms with van der Waals surface area (Å²) in [4.78, 5) is 16.5. The number of anilines is 1. The highest BCUT2D eigenvalue weighted by atomic mass is 16.3. The summed E-state index contributed by atoms with van der Waals surface area (Å²) < 4.78 is 5.89. The third-order valence-corrected chi connectivity index (χ3v) is 3.99. The van der Waals surface area contributed by atoms with E-state index < -0.39 is 0 Å². The summed E-state index contributed by atoms with van der Waals surface area (Å²) >= 11 is 0. The molecule has 4 heteroatoms. The van der Waals surface area contributed by atoms with E-state index in [0.29, 0.717) is 18.2 Å². The number of fused-ring (bicyclic) bond motifs is 1. The lowest BCUT2D eigenvalue weighted by atomic mass is 10.1. The molecule has 4 nitrogen and oxygen atoms in total. The van der Waals surface area contributed by atoms with E-state index in [2.05, 4.69) is 24.1 Å². The Balaban J connectivity index is 1.90. The summed E-state index contributed by atoms with van der Waals surface area (Å²) in [6, 6.07) is 11.6. The standard InChI is InChI=1S/C20H22N2O2/c1-12(2)8-19(23)21-16-7-5-6-15(11-16)20-22-17-9-13(3)14(4)10-18(17)24-20/h5-7,9-12H,8H2,1-4H3,(H,21,23). The number of benzene rings is 2. The third kappa shape index (κ3) is 3.48. The zero-order valence-electron chi connectivity index (χ0n) is 14.5. The number of nitrogens with one attached hydrogen (secondary N) is 1. The second kappa shape index (κ2) is 6.48. The fourth-order valence-corrected chi connectivity index (χ4v) is 2.62. The monoisotopic (exact) mass is 322 g/mol. The van der Waals surface area contributed by atoms with Gasteiger partial charge in [-0.2, -0.15) is 0 Å². The van der Waals surface area contributed by atoms with Crippen molar-refractivity contribution in [2.24, 2.45) is 5.92 Å². The Morgan fingerprint density at radius 1 is 1.17 bits per heavy atom. The Labute approximate surface area is 141 Å². The van der Waals surface area contributed by atoms with E-state index in [9.17, 15) is 4.79 Å². The third-order valence-electron chi connectivity index (χ3n) is 3.99. The minimum atomic E-state index is 0.0194. The van der Waals surface area contributed by atoms with E-state index in [0.717, 1.165) is 22.4 Å². The first-order valence-corrected chi connectivity index (χ1v) is 8.20. The molecule has 0 spiro atoms. The molecule has 1 amide bonds. The smallest absolute Gasteiger partial charge is 0.227 e. The van der Waals surface area contributed by atoms with Crippen molar-refractivity contribution in [1.29, 1.82) is 0 Å². The molecular weight excluding hydrogens is 300 g/mol. The second-order valence-electron chi connectivity index (χ2n) is 6.65. The molecule has 1 heterocycles. The lowest BCUT2D eigenvalue weighted by Gasteiger charge is -2.07. The molecule has 0 saturated carbocycles. The molecule has 1 N–H and O–H groups in total. The molecule has 0 atom stereocenters. The Morgan fingerprint density at radius 2 is 1.92 bits per heavy atom. The highest BCUT2D eigenvalue weighted by molar-refractivity contribution is 5.91. The van der Waals surface area contributed by atoms with Crippen molar-refractivity contribution in [3.05, 3.63) is 47.5 Å². The van der Waals surface area contributed by atoms with Crippen LogP contribution >= 0.6 is 0 Å². The van der Waals surface area contributed by atoms with Crippen molar-refractivity contribution >= 4 is 22.7 Å². The Morgan fingerprint density at radius 3 is 2.67 bits per heavy atom. The van der Waals surface area contributed by atoms with Crippen LogP contribution in [0.25, 0.3) is 22.6 Å². The molecule has 1 aromatic heterocycles. The molecular formula is C20H22N2O2. The van der Waals surface area contributed by atoms with E-state index in [1.165, 1.54) is 11.1 Å². The minimum Gasteiger partial charge on any atom is -0.436 e. The van der Waals surface area contributed by atoms with Gasteiger partial charge in [-0.15, -0.1) is 0 Å². The summed E-state index contributed by atoms with van der Waals surface area (Å²) in [5.74, 6) is 0.914. The number of nitrogens with zero attached hydrogens (tertiary/aromatic N) is 1. The van der Waals surface area contributed by atoms with Gasteiger partial charge in [0.05, 0.1) is 0 Å². The van der Waals surface area contributed by atoms with Crippen LogP contribution in [0.15, 0.2) is 40.8 Å². The topological polar surface area (TPSA) is 55.1 Å². The highest BCUT2D eigenvalue weighted by Gasteiger charge is 2.11. The maximum Gasteiger partial charge on any atom is 0.227 e. The largest absolute Gasteiger partial charge is 0.436 e. The van der Waals surface area contributed by atoms with Crippen molar-refractivity contribution < 1.29 is 9.21 Å². The van der Waals surface area contributed by atoms with Crippen LogP contribution in [-0.2, 0) is 4.79 Å². The van der Waals surface area contributed by atoms with Gasteiger partial charge in [-0.25, -0.2) is 4.98 Å². The predicted molar refractivity (Wildman–Crippen MR) is 97.0 cm³/mol. The maximum atomic E-state index is 11.9. The van der Waals surface area contributed by atoms with Crippen molar-refractivity contribution in [2.75, 3.05) is 5.32 Å². The first-order valence-electron chi connectivity index (χ1n) is 8.20. The first-order chi connectivity index (χ1) is 11.4. The van der Waals surface area contributed by atoms with E-state index in [-0.39, 0.29) is 5.91 Å². The molecule has 0 aliphatic heterocycles. The molecule has 2 aromatic carbocycles. The number of hydrogen-bond acceptors (Lipinski definition) is 3. The average Bonchev–Trinajstić information content (AvgIpc) is 2.90. The van der Waals surface area contributed by atoms with E-state index in [1.54, 1.807) is 0 Å². The Bertz CT molecular complexity index is 855. The van der Waals surface area contributed by atoms with E-state index in [1.807, 2.05) is 50.2 Å².